The number of nitrogens with one attached hydrogen (secondary N) is 1. The second-order valence-corrected chi connectivity index (χ2v) is 8.57. The highest BCUT2D eigenvalue weighted by molar-refractivity contribution is 5.85. The second-order valence-electron chi connectivity index (χ2n) is 8.57. The number of carbonyl (C=O) groups excluding carboxylic acids is 2. The molecule has 0 radical (unpaired) electrons. The monoisotopic (exact) mass is 437 g/mol. The van der Waals surface area contributed by atoms with Crippen LogP contribution in [0.25, 0.3) is 10.9 Å². The molecule has 3 rings (SSSR count). The van der Waals surface area contributed by atoms with E-state index in [1.54, 1.807) is 21.9 Å². The molecule has 0 unspecified atom stereocenters. The lowest BCUT2D eigenvalue weighted by molar-refractivity contribution is -0.141. The number of amides is 2. The summed E-state index contributed by atoms with van der Waals surface area (Å²) in [5.74, 6) is -0.154. The van der Waals surface area contributed by atoms with Crippen LogP contribution in [0.2, 0.25) is 0 Å². The lowest BCUT2D eigenvalue weighted by atomic mass is 10.1. The number of aromatic nitrogens is 1. The van der Waals surface area contributed by atoms with Gasteiger partial charge in [0.2, 0.25) is 11.8 Å². The van der Waals surface area contributed by atoms with Gasteiger partial charge >= 0.3 is 0 Å². The van der Waals surface area contributed by atoms with Gasteiger partial charge in [0.05, 0.1) is 6.54 Å². The summed E-state index contributed by atoms with van der Waals surface area (Å²) < 4.78 is 13.4. The number of fused-ring (bicyclic) bond motifs is 1. The van der Waals surface area contributed by atoms with Gasteiger partial charge in [0.25, 0.3) is 0 Å². The van der Waals surface area contributed by atoms with E-state index in [1.165, 1.54) is 12.1 Å². The van der Waals surface area contributed by atoms with Gasteiger partial charge in [-0.15, -0.1) is 0 Å². The van der Waals surface area contributed by atoms with Gasteiger partial charge in [-0.2, -0.15) is 0 Å². The van der Waals surface area contributed by atoms with Gasteiger partial charge in [-0.3, -0.25) is 9.59 Å². The zero-order valence-corrected chi connectivity index (χ0v) is 19.1. The van der Waals surface area contributed by atoms with E-state index in [0.29, 0.717) is 32.5 Å². The van der Waals surface area contributed by atoms with Crippen molar-refractivity contribution in [1.82, 2.24) is 14.8 Å². The van der Waals surface area contributed by atoms with Crippen molar-refractivity contribution >= 4 is 22.7 Å². The van der Waals surface area contributed by atoms with E-state index in [2.05, 4.69) is 11.1 Å². The molecule has 1 N–H and O–H groups in total. The van der Waals surface area contributed by atoms with Gasteiger partial charge in [0.15, 0.2) is 0 Å². The average molecular weight is 438 g/mol. The van der Waals surface area contributed by atoms with Crippen molar-refractivity contribution < 1.29 is 14.0 Å². The molecule has 1 aromatic heterocycles. The van der Waals surface area contributed by atoms with Gasteiger partial charge < -0.3 is 14.8 Å². The van der Waals surface area contributed by atoms with Crippen LogP contribution in [0, 0.1) is 11.7 Å². The van der Waals surface area contributed by atoms with Crippen LogP contribution < -0.4 is 0 Å². The molecule has 0 bridgehead atoms. The first-order valence-electron chi connectivity index (χ1n) is 11.2. The molecule has 0 spiro atoms. The van der Waals surface area contributed by atoms with Crippen molar-refractivity contribution in [1.29, 1.82) is 0 Å². The highest BCUT2D eigenvalue weighted by atomic mass is 19.1. The molecule has 0 aliphatic carbocycles. The van der Waals surface area contributed by atoms with E-state index in [1.807, 2.05) is 45.2 Å². The van der Waals surface area contributed by atoms with Gasteiger partial charge in [-0.1, -0.05) is 51.1 Å². The second kappa shape index (κ2) is 10.9. The summed E-state index contributed by atoms with van der Waals surface area (Å²) >= 11 is 0. The largest absolute Gasteiger partial charge is 0.361 e. The Morgan fingerprint density at radius 3 is 2.41 bits per heavy atom. The topological polar surface area (TPSA) is 56.4 Å². The van der Waals surface area contributed by atoms with Crippen LogP contribution in [0.5, 0.6) is 0 Å². The minimum Gasteiger partial charge on any atom is -0.361 e. The van der Waals surface area contributed by atoms with Gasteiger partial charge in [0.1, 0.15) is 5.82 Å². The molecule has 0 fully saturated rings. The summed E-state index contributed by atoms with van der Waals surface area (Å²) in [6.45, 7) is 7.37. The molecule has 0 aliphatic rings. The number of para-hydroxylation sites is 1. The molecule has 1 heterocycles. The Bertz CT molecular complexity index is 1040. The number of rotatable bonds is 10. The van der Waals surface area contributed by atoms with E-state index >= 15 is 0 Å². The summed E-state index contributed by atoms with van der Waals surface area (Å²) in [6, 6.07) is 14.3. The zero-order chi connectivity index (χ0) is 23.1. The van der Waals surface area contributed by atoms with Crippen molar-refractivity contribution in [2.45, 2.75) is 40.2 Å². The Morgan fingerprint density at radius 1 is 1.00 bits per heavy atom. The van der Waals surface area contributed by atoms with E-state index in [-0.39, 0.29) is 30.1 Å². The first-order chi connectivity index (χ1) is 15.4. The maximum Gasteiger partial charge on any atom is 0.242 e. The first-order valence-corrected chi connectivity index (χ1v) is 11.2. The molecule has 2 amide bonds. The van der Waals surface area contributed by atoms with Crippen LogP contribution in [0.3, 0.4) is 0 Å². The average Bonchev–Trinajstić information content (AvgIpc) is 3.19. The summed E-state index contributed by atoms with van der Waals surface area (Å²) in [5.41, 5.74) is 3.06. The maximum atomic E-state index is 13.4. The quantitative estimate of drug-likeness (QED) is 0.497. The number of hydrogen-bond donors (Lipinski definition) is 1. The summed E-state index contributed by atoms with van der Waals surface area (Å²) in [4.78, 5) is 32.4. The van der Waals surface area contributed by atoms with E-state index in [9.17, 15) is 14.0 Å². The highest BCUT2D eigenvalue weighted by Gasteiger charge is 2.22. The van der Waals surface area contributed by atoms with Crippen molar-refractivity contribution in [3.05, 3.63) is 71.7 Å². The van der Waals surface area contributed by atoms with Gasteiger partial charge in [-0.05, 0) is 41.7 Å². The lowest BCUT2D eigenvalue weighted by Crippen LogP contribution is -2.44. The van der Waals surface area contributed by atoms with Crippen LogP contribution in [0.1, 0.15) is 38.3 Å². The van der Waals surface area contributed by atoms with E-state index in [0.717, 1.165) is 22.0 Å². The smallest absolute Gasteiger partial charge is 0.242 e. The number of H-pyrrole nitrogens is 1. The fourth-order valence-corrected chi connectivity index (χ4v) is 3.88. The van der Waals surface area contributed by atoms with Crippen LogP contribution in [0.4, 0.5) is 4.39 Å². The molecule has 0 saturated heterocycles. The van der Waals surface area contributed by atoms with Crippen LogP contribution in [-0.4, -0.2) is 46.2 Å². The van der Waals surface area contributed by atoms with Crippen LogP contribution in [0.15, 0.2) is 54.7 Å². The van der Waals surface area contributed by atoms with E-state index < -0.39 is 0 Å². The van der Waals surface area contributed by atoms with Crippen molar-refractivity contribution in [2.24, 2.45) is 5.92 Å². The molecule has 170 valence electrons. The summed E-state index contributed by atoms with van der Waals surface area (Å²) in [6.07, 6.45) is 3.03. The zero-order valence-electron chi connectivity index (χ0n) is 19.1. The minimum atomic E-state index is -0.304. The lowest BCUT2D eigenvalue weighted by Gasteiger charge is -2.29. The van der Waals surface area contributed by atoms with Gasteiger partial charge in [0, 0.05) is 43.2 Å². The molecule has 5 nitrogen and oxygen atoms in total. The van der Waals surface area contributed by atoms with Crippen molar-refractivity contribution in [2.75, 3.05) is 19.6 Å². The number of hydrogen-bond acceptors (Lipinski definition) is 2. The number of halogens is 1. The fourth-order valence-electron chi connectivity index (χ4n) is 3.88. The third-order valence-corrected chi connectivity index (χ3v) is 5.53. The Hall–Kier alpha value is -3.15. The highest BCUT2D eigenvalue weighted by Crippen LogP contribution is 2.19. The molecule has 0 atom stereocenters. The third kappa shape index (κ3) is 6.19. The molecular formula is C26H32FN3O2. The minimum absolute atomic E-state index is 0.0228. The molecule has 2 aromatic carbocycles. The number of aromatic amines is 1. The standard InChI is InChI=1S/C26H32FN3O2/c1-4-25(31)30(16-19(2)3)18-26(32)29(17-20-9-11-22(27)12-10-20)14-13-21-15-28-24-8-6-5-7-23(21)24/h5-12,15,19,28H,4,13-14,16-18H2,1-3H3. The predicted molar refractivity (Wildman–Crippen MR) is 126 cm³/mol. The SMILES string of the molecule is CCC(=O)N(CC(=O)N(CCc1c[nH]c2ccccc12)Cc1ccc(F)cc1)CC(C)C. The Morgan fingerprint density at radius 2 is 1.72 bits per heavy atom. The normalized spacial score (nSPS) is 11.2. The molecule has 0 saturated carbocycles. The molecule has 32 heavy (non-hydrogen) atoms. The van der Waals surface area contributed by atoms with Crippen LogP contribution >= 0.6 is 0 Å². The molecule has 6 heteroatoms. The number of nitrogens with zero attached hydrogens (tertiary/aromatic N) is 2. The Kier molecular flexibility index (Phi) is 8.03. The first kappa shape index (κ1) is 23.5. The molecular weight excluding hydrogens is 405 g/mol. The molecule has 0 aliphatic heterocycles. The summed E-state index contributed by atoms with van der Waals surface area (Å²) in [5, 5.41) is 1.14. The van der Waals surface area contributed by atoms with E-state index in [4.69, 9.17) is 0 Å². The van der Waals surface area contributed by atoms with Gasteiger partial charge in [-0.25, -0.2) is 4.39 Å². The Balaban J connectivity index is 1.77. The van der Waals surface area contributed by atoms with Crippen LogP contribution in [-0.2, 0) is 22.6 Å². The fraction of sp³-hybridized carbons (Fsp3) is 0.385. The Labute approximate surface area is 189 Å². The van der Waals surface area contributed by atoms with Crippen molar-refractivity contribution in [3.8, 4) is 0 Å². The number of benzene rings is 2. The molecule has 3 aromatic rings. The number of carbonyl (C=O) groups is 2. The predicted octanol–water partition coefficient (Wildman–Crippen LogP) is 4.77. The third-order valence-electron chi connectivity index (χ3n) is 5.53. The maximum absolute atomic E-state index is 13.4. The summed E-state index contributed by atoms with van der Waals surface area (Å²) in [7, 11) is 0. The van der Waals surface area contributed by atoms with Crippen molar-refractivity contribution in [3.63, 3.8) is 0 Å².